The highest BCUT2D eigenvalue weighted by Crippen LogP contribution is 2.20. The van der Waals surface area contributed by atoms with Crippen molar-refractivity contribution in [3.05, 3.63) is 21.3 Å². The highest BCUT2D eigenvalue weighted by molar-refractivity contribution is 7.17. The molecule has 0 fully saturated rings. The molecule has 5 nitrogen and oxygen atoms in total. The lowest BCUT2D eigenvalue weighted by molar-refractivity contribution is -0.141. The molecule has 0 radical (unpaired) electrons. The van der Waals surface area contributed by atoms with Crippen LogP contribution in [0.5, 0.6) is 0 Å². The maximum Gasteiger partial charge on any atom is 0.324 e. The topological polar surface area (TPSA) is 81.4 Å². The third-order valence-electron chi connectivity index (χ3n) is 1.78. The van der Waals surface area contributed by atoms with E-state index in [9.17, 15) is 9.59 Å². The summed E-state index contributed by atoms with van der Waals surface area (Å²) in [7, 11) is 1.24. The van der Waals surface area contributed by atoms with Crippen LogP contribution in [0.2, 0.25) is 4.34 Å². The van der Waals surface area contributed by atoms with Gasteiger partial charge in [-0.1, -0.05) is 11.6 Å². The molecule has 3 N–H and O–H groups in total. The zero-order valence-electron chi connectivity index (χ0n) is 8.94. The standard InChI is InChI=1S/C9H11ClN2O3S.ClH/c1-15-9(14)5(11)4-12-8(13)6-2-3-7(10)16-6;/h2-3,5H,4,11H2,1H3,(H,12,13);1H. The van der Waals surface area contributed by atoms with Crippen LogP contribution in [0.15, 0.2) is 12.1 Å². The summed E-state index contributed by atoms with van der Waals surface area (Å²) in [6.45, 7) is 0.0288. The number of carbonyl (C=O) groups excluding carboxylic acids is 2. The van der Waals surface area contributed by atoms with Crippen molar-refractivity contribution in [2.24, 2.45) is 5.73 Å². The molecule has 1 unspecified atom stereocenters. The minimum absolute atomic E-state index is 0. The van der Waals surface area contributed by atoms with Crippen LogP contribution in [0.25, 0.3) is 0 Å². The van der Waals surface area contributed by atoms with Crippen molar-refractivity contribution in [3.63, 3.8) is 0 Å². The normalized spacial score (nSPS) is 11.2. The fourth-order valence-corrected chi connectivity index (χ4v) is 1.92. The average Bonchev–Trinajstić information content (AvgIpc) is 2.71. The summed E-state index contributed by atoms with van der Waals surface area (Å²) >= 11 is 6.84. The van der Waals surface area contributed by atoms with Gasteiger partial charge in [0.2, 0.25) is 0 Å². The Morgan fingerprint density at radius 3 is 2.71 bits per heavy atom. The van der Waals surface area contributed by atoms with Gasteiger partial charge in [0.15, 0.2) is 0 Å². The van der Waals surface area contributed by atoms with Crippen molar-refractivity contribution < 1.29 is 14.3 Å². The number of esters is 1. The zero-order chi connectivity index (χ0) is 12.1. The van der Waals surface area contributed by atoms with E-state index >= 15 is 0 Å². The Morgan fingerprint density at radius 1 is 1.59 bits per heavy atom. The molecule has 0 aliphatic carbocycles. The number of amides is 1. The summed E-state index contributed by atoms with van der Waals surface area (Å²) in [5.41, 5.74) is 5.45. The van der Waals surface area contributed by atoms with Crippen molar-refractivity contribution in [1.82, 2.24) is 5.32 Å². The van der Waals surface area contributed by atoms with Crippen LogP contribution in [-0.2, 0) is 9.53 Å². The Bertz CT molecular complexity index is 397. The van der Waals surface area contributed by atoms with E-state index in [2.05, 4.69) is 10.1 Å². The third kappa shape index (κ3) is 4.91. The van der Waals surface area contributed by atoms with Crippen LogP contribution < -0.4 is 11.1 Å². The van der Waals surface area contributed by atoms with Gasteiger partial charge in [-0.05, 0) is 12.1 Å². The number of nitrogens with one attached hydrogen (secondary N) is 1. The molecule has 0 spiro atoms. The smallest absolute Gasteiger partial charge is 0.324 e. The number of hydrogen-bond donors (Lipinski definition) is 2. The quantitative estimate of drug-likeness (QED) is 0.814. The van der Waals surface area contributed by atoms with Crippen LogP contribution in [0.3, 0.4) is 0 Å². The number of carbonyl (C=O) groups is 2. The van der Waals surface area contributed by atoms with E-state index in [4.69, 9.17) is 17.3 Å². The molecule has 96 valence electrons. The minimum Gasteiger partial charge on any atom is -0.468 e. The summed E-state index contributed by atoms with van der Waals surface area (Å²) in [6.07, 6.45) is 0. The Hall–Kier alpha value is -0.820. The number of halogens is 2. The molecule has 17 heavy (non-hydrogen) atoms. The first-order valence-electron chi connectivity index (χ1n) is 4.41. The first-order chi connectivity index (χ1) is 7.54. The Kier molecular flexibility index (Phi) is 7.13. The van der Waals surface area contributed by atoms with Crippen molar-refractivity contribution >= 4 is 47.2 Å². The summed E-state index contributed by atoms with van der Waals surface area (Å²) in [5.74, 6) is -0.874. The van der Waals surface area contributed by atoms with Crippen LogP contribution in [0.1, 0.15) is 9.67 Å². The van der Waals surface area contributed by atoms with E-state index in [0.29, 0.717) is 9.21 Å². The molecule has 0 saturated carbocycles. The molecule has 8 heteroatoms. The summed E-state index contributed by atoms with van der Waals surface area (Å²) in [5, 5.41) is 2.51. The van der Waals surface area contributed by atoms with E-state index in [0.717, 1.165) is 11.3 Å². The molecule has 0 bridgehead atoms. The number of ether oxygens (including phenoxy) is 1. The first kappa shape index (κ1) is 16.2. The van der Waals surface area contributed by atoms with Gasteiger partial charge in [-0.2, -0.15) is 0 Å². The van der Waals surface area contributed by atoms with Gasteiger partial charge in [-0.3, -0.25) is 9.59 Å². The second-order valence-corrected chi connectivity index (χ2v) is 4.66. The van der Waals surface area contributed by atoms with Gasteiger partial charge in [0, 0.05) is 6.54 Å². The van der Waals surface area contributed by atoms with Gasteiger partial charge < -0.3 is 15.8 Å². The molecule has 1 aromatic rings. The molecule has 1 heterocycles. The van der Waals surface area contributed by atoms with Crippen molar-refractivity contribution in [2.75, 3.05) is 13.7 Å². The predicted octanol–water partition coefficient (Wildman–Crippen LogP) is 1.05. The van der Waals surface area contributed by atoms with Gasteiger partial charge in [0.05, 0.1) is 16.3 Å². The fourth-order valence-electron chi connectivity index (χ4n) is 0.961. The van der Waals surface area contributed by atoms with E-state index in [-0.39, 0.29) is 24.9 Å². The Labute approximate surface area is 114 Å². The van der Waals surface area contributed by atoms with Crippen LogP contribution >= 0.6 is 35.3 Å². The first-order valence-corrected chi connectivity index (χ1v) is 5.61. The average molecular weight is 299 g/mol. The molecule has 0 aliphatic heterocycles. The van der Waals surface area contributed by atoms with Gasteiger partial charge in [-0.15, -0.1) is 23.7 Å². The van der Waals surface area contributed by atoms with Crippen molar-refractivity contribution in [3.8, 4) is 0 Å². The molecule has 0 saturated heterocycles. The van der Waals surface area contributed by atoms with Gasteiger partial charge >= 0.3 is 5.97 Å². The van der Waals surface area contributed by atoms with Crippen molar-refractivity contribution in [1.29, 1.82) is 0 Å². The molecule has 1 rings (SSSR count). The van der Waals surface area contributed by atoms with E-state index in [1.165, 1.54) is 7.11 Å². The lowest BCUT2D eigenvalue weighted by Gasteiger charge is -2.09. The monoisotopic (exact) mass is 298 g/mol. The summed E-state index contributed by atoms with van der Waals surface area (Å²) in [4.78, 5) is 22.9. The molecule has 0 aliphatic rings. The number of thiophene rings is 1. The molecule has 1 amide bonds. The minimum atomic E-state index is -0.857. The maximum atomic E-state index is 11.5. The van der Waals surface area contributed by atoms with E-state index in [1.54, 1.807) is 12.1 Å². The number of methoxy groups -OCH3 is 1. The van der Waals surface area contributed by atoms with Gasteiger partial charge in [-0.25, -0.2) is 0 Å². The third-order valence-corrected chi connectivity index (χ3v) is 3.01. The molecular formula is C9H12Cl2N2O3S. The predicted molar refractivity (Wildman–Crippen MR) is 68.9 cm³/mol. The molecule has 1 aromatic heterocycles. The molecule has 1 atom stereocenters. The van der Waals surface area contributed by atoms with E-state index in [1.807, 2.05) is 0 Å². The highest BCUT2D eigenvalue weighted by atomic mass is 35.5. The Balaban J connectivity index is 0.00000256. The second kappa shape index (κ2) is 7.50. The molecular weight excluding hydrogens is 287 g/mol. The van der Waals surface area contributed by atoms with Crippen LogP contribution in [0.4, 0.5) is 0 Å². The number of nitrogens with two attached hydrogens (primary N) is 1. The summed E-state index contributed by atoms with van der Waals surface area (Å²) in [6, 6.07) is 2.37. The maximum absolute atomic E-state index is 11.5. The lowest BCUT2D eigenvalue weighted by atomic mass is 10.3. The SMILES string of the molecule is COC(=O)C(N)CNC(=O)c1ccc(Cl)s1.Cl. The second-order valence-electron chi connectivity index (χ2n) is 2.94. The number of hydrogen-bond acceptors (Lipinski definition) is 5. The van der Waals surface area contributed by atoms with Gasteiger partial charge in [0.25, 0.3) is 5.91 Å². The number of rotatable bonds is 4. The fraction of sp³-hybridized carbons (Fsp3) is 0.333. The van der Waals surface area contributed by atoms with E-state index < -0.39 is 12.0 Å². The highest BCUT2D eigenvalue weighted by Gasteiger charge is 2.15. The molecule has 0 aromatic carbocycles. The Morgan fingerprint density at radius 2 is 2.24 bits per heavy atom. The largest absolute Gasteiger partial charge is 0.468 e. The van der Waals surface area contributed by atoms with Crippen LogP contribution in [0, 0.1) is 0 Å². The van der Waals surface area contributed by atoms with Gasteiger partial charge in [0.1, 0.15) is 6.04 Å². The summed E-state index contributed by atoms with van der Waals surface area (Å²) < 4.78 is 4.95. The van der Waals surface area contributed by atoms with Crippen LogP contribution in [-0.4, -0.2) is 31.6 Å². The van der Waals surface area contributed by atoms with Crippen molar-refractivity contribution in [2.45, 2.75) is 6.04 Å². The lowest BCUT2D eigenvalue weighted by Crippen LogP contribution is -2.42. The zero-order valence-corrected chi connectivity index (χ0v) is 11.3.